The van der Waals surface area contributed by atoms with E-state index in [4.69, 9.17) is 9.47 Å². The maximum absolute atomic E-state index is 13.6. The van der Waals surface area contributed by atoms with Crippen LogP contribution < -0.4 is 9.47 Å². The maximum Gasteiger partial charge on any atom is 0.415 e. The van der Waals surface area contributed by atoms with Gasteiger partial charge in [0.25, 0.3) is 0 Å². The smallest absolute Gasteiger partial charge is 0.415 e. The van der Waals surface area contributed by atoms with E-state index in [1.54, 1.807) is 47.0 Å². The molecule has 1 amide bonds. The minimum Gasteiger partial charge on any atom is -0.478 e. The zero-order chi connectivity index (χ0) is 28.9. The van der Waals surface area contributed by atoms with Crippen molar-refractivity contribution in [1.82, 2.24) is 4.90 Å². The number of para-hydroxylation sites is 1. The Balaban J connectivity index is 1.49. The first-order valence-corrected chi connectivity index (χ1v) is 14.5. The van der Waals surface area contributed by atoms with Gasteiger partial charge in [0, 0.05) is 29.5 Å². The van der Waals surface area contributed by atoms with Crippen molar-refractivity contribution in [2.24, 2.45) is 11.8 Å². The molecule has 0 unspecified atom stereocenters. The molecule has 1 aliphatic rings. The highest BCUT2D eigenvalue weighted by molar-refractivity contribution is 7.98. The van der Waals surface area contributed by atoms with Crippen molar-refractivity contribution in [3.8, 4) is 11.5 Å². The van der Waals surface area contributed by atoms with Crippen LogP contribution in [0.2, 0.25) is 0 Å². The summed E-state index contributed by atoms with van der Waals surface area (Å²) in [5, 5.41) is 9.38. The molecule has 7 nitrogen and oxygen atoms in total. The minimum atomic E-state index is -1.34. The lowest BCUT2D eigenvalue weighted by atomic mass is 9.84. The zero-order valence-corrected chi connectivity index (χ0v) is 24.1. The first-order chi connectivity index (χ1) is 19.1. The monoisotopic (exact) mass is 561 g/mol. The highest BCUT2D eigenvalue weighted by Gasteiger charge is 2.40. The second-order valence-electron chi connectivity index (χ2n) is 10.6. The SMILES string of the molecule is CSc1ccc(C(=O)[C@@H]2CN(C(=O)Oc3ccccc3)C[C@H]2CCc2ccc(OC(C)(C)C(=O)O)c(C)c2)cc1. The molecule has 210 valence electrons. The summed E-state index contributed by atoms with van der Waals surface area (Å²) in [6.07, 6.45) is 2.94. The van der Waals surface area contributed by atoms with Crippen LogP contribution in [0.3, 0.4) is 0 Å². The standard InChI is InChI=1S/C32H35NO6S/c1-21-18-22(11-17-28(21)39-32(2,3)30(35)36)10-12-24-19-33(31(37)38-25-8-6-5-7-9-25)20-27(24)29(34)23-13-15-26(40-4)16-14-23/h5-9,11,13-18,24,27H,10,12,19-20H2,1-4H3,(H,35,36)/t24-,27-/m1/s1. The Morgan fingerprint density at radius 1 is 1.00 bits per heavy atom. The number of thioether (sulfide) groups is 1. The fourth-order valence-corrected chi connectivity index (χ4v) is 5.29. The highest BCUT2D eigenvalue weighted by atomic mass is 32.2. The van der Waals surface area contributed by atoms with Gasteiger partial charge in [0.15, 0.2) is 11.4 Å². The molecule has 40 heavy (non-hydrogen) atoms. The van der Waals surface area contributed by atoms with Crippen LogP contribution in [0.1, 0.15) is 41.8 Å². The van der Waals surface area contributed by atoms with Gasteiger partial charge in [0.2, 0.25) is 0 Å². The second-order valence-corrected chi connectivity index (χ2v) is 11.5. The van der Waals surface area contributed by atoms with Gasteiger partial charge in [-0.05, 0) is 87.2 Å². The largest absolute Gasteiger partial charge is 0.478 e. The topological polar surface area (TPSA) is 93.1 Å². The Bertz CT molecular complexity index is 1360. The van der Waals surface area contributed by atoms with Crippen molar-refractivity contribution in [2.75, 3.05) is 19.3 Å². The number of Topliss-reactive ketones (excluding diaryl/α,β-unsaturated/α-hetero) is 1. The van der Waals surface area contributed by atoms with E-state index in [0.717, 1.165) is 16.0 Å². The number of carbonyl (C=O) groups excluding carboxylic acids is 2. The van der Waals surface area contributed by atoms with Gasteiger partial charge in [-0.1, -0.05) is 42.5 Å². The van der Waals surface area contributed by atoms with E-state index in [2.05, 4.69) is 0 Å². The molecular formula is C32H35NO6S. The first-order valence-electron chi connectivity index (χ1n) is 13.3. The van der Waals surface area contributed by atoms with Crippen LogP contribution in [-0.4, -0.2) is 52.8 Å². The third kappa shape index (κ3) is 7.04. The molecule has 0 bridgehead atoms. The van der Waals surface area contributed by atoms with E-state index in [1.165, 1.54) is 13.8 Å². The number of amides is 1. The predicted octanol–water partition coefficient (Wildman–Crippen LogP) is 6.52. The van der Waals surface area contributed by atoms with E-state index in [9.17, 15) is 19.5 Å². The van der Waals surface area contributed by atoms with Gasteiger partial charge in [-0.15, -0.1) is 11.8 Å². The molecule has 1 saturated heterocycles. The van der Waals surface area contributed by atoms with Gasteiger partial charge >= 0.3 is 12.1 Å². The van der Waals surface area contributed by atoms with Crippen LogP contribution in [0.25, 0.3) is 0 Å². The molecule has 1 heterocycles. The lowest BCUT2D eigenvalue weighted by Crippen LogP contribution is -2.38. The molecule has 2 atom stereocenters. The molecule has 1 aliphatic heterocycles. The summed E-state index contributed by atoms with van der Waals surface area (Å²) in [7, 11) is 0. The van der Waals surface area contributed by atoms with Crippen LogP contribution in [0, 0.1) is 18.8 Å². The Hall–Kier alpha value is -3.78. The molecule has 0 aromatic heterocycles. The van der Waals surface area contributed by atoms with Crippen molar-refractivity contribution >= 4 is 29.6 Å². The van der Waals surface area contributed by atoms with E-state index < -0.39 is 17.7 Å². The fourth-order valence-electron chi connectivity index (χ4n) is 4.89. The van der Waals surface area contributed by atoms with Crippen molar-refractivity contribution in [3.63, 3.8) is 0 Å². The number of hydrogen-bond acceptors (Lipinski definition) is 6. The lowest BCUT2D eigenvalue weighted by Gasteiger charge is -2.23. The number of ketones is 1. The third-order valence-electron chi connectivity index (χ3n) is 7.28. The summed E-state index contributed by atoms with van der Waals surface area (Å²) in [5.74, 6) is -0.402. The number of carboxylic acid groups (broad SMARTS) is 1. The zero-order valence-electron chi connectivity index (χ0n) is 23.3. The summed E-state index contributed by atoms with van der Waals surface area (Å²) < 4.78 is 11.3. The maximum atomic E-state index is 13.6. The van der Waals surface area contributed by atoms with Crippen molar-refractivity contribution in [3.05, 3.63) is 89.5 Å². The average Bonchev–Trinajstić information content (AvgIpc) is 3.38. The van der Waals surface area contributed by atoms with Gasteiger partial charge in [-0.3, -0.25) is 4.79 Å². The average molecular weight is 562 g/mol. The van der Waals surface area contributed by atoms with E-state index in [-0.39, 0.29) is 17.6 Å². The predicted molar refractivity (Wildman–Crippen MR) is 155 cm³/mol. The van der Waals surface area contributed by atoms with E-state index in [0.29, 0.717) is 43.0 Å². The van der Waals surface area contributed by atoms with Crippen LogP contribution in [0.4, 0.5) is 4.79 Å². The highest BCUT2D eigenvalue weighted by Crippen LogP contribution is 2.33. The molecule has 4 rings (SSSR count). The lowest BCUT2D eigenvalue weighted by molar-refractivity contribution is -0.152. The molecule has 0 saturated carbocycles. The Kier molecular flexibility index (Phi) is 9.20. The fraction of sp³-hybridized carbons (Fsp3) is 0.344. The summed E-state index contributed by atoms with van der Waals surface area (Å²) >= 11 is 1.62. The molecular weight excluding hydrogens is 526 g/mol. The first kappa shape index (κ1) is 29.2. The number of hydrogen-bond donors (Lipinski definition) is 1. The van der Waals surface area contributed by atoms with Crippen LogP contribution in [0.5, 0.6) is 11.5 Å². The molecule has 3 aromatic carbocycles. The normalized spacial score (nSPS) is 16.9. The molecule has 3 aromatic rings. The summed E-state index contributed by atoms with van der Waals surface area (Å²) in [6, 6.07) is 22.2. The molecule has 0 spiro atoms. The van der Waals surface area contributed by atoms with E-state index in [1.807, 2.05) is 55.6 Å². The summed E-state index contributed by atoms with van der Waals surface area (Å²) in [4.78, 5) is 40.8. The minimum absolute atomic E-state index is 0.0310. The number of rotatable bonds is 10. The Morgan fingerprint density at radius 2 is 1.70 bits per heavy atom. The summed E-state index contributed by atoms with van der Waals surface area (Å²) in [6.45, 7) is 5.65. The van der Waals surface area contributed by atoms with Crippen molar-refractivity contribution in [1.29, 1.82) is 0 Å². The third-order valence-corrected chi connectivity index (χ3v) is 8.03. The van der Waals surface area contributed by atoms with Crippen molar-refractivity contribution in [2.45, 2.75) is 44.1 Å². The number of nitrogens with zero attached hydrogens (tertiary/aromatic N) is 1. The second kappa shape index (κ2) is 12.6. The Labute approximate surface area is 239 Å². The van der Waals surface area contributed by atoms with Crippen LogP contribution in [0.15, 0.2) is 77.7 Å². The van der Waals surface area contributed by atoms with Gasteiger partial charge in [-0.25, -0.2) is 9.59 Å². The van der Waals surface area contributed by atoms with Crippen LogP contribution >= 0.6 is 11.8 Å². The van der Waals surface area contributed by atoms with E-state index >= 15 is 0 Å². The molecule has 0 radical (unpaired) electrons. The number of carbonyl (C=O) groups is 3. The number of aryl methyl sites for hydroxylation is 2. The molecule has 8 heteroatoms. The summed E-state index contributed by atoms with van der Waals surface area (Å²) in [5.41, 5.74) is 1.20. The van der Waals surface area contributed by atoms with Gasteiger partial charge in [-0.2, -0.15) is 0 Å². The van der Waals surface area contributed by atoms with Gasteiger partial charge in [0.05, 0.1) is 0 Å². The Morgan fingerprint density at radius 3 is 2.33 bits per heavy atom. The number of benzene rings is 3. The number of ether oxygens (including phenoxy) is 2. The number of likely N-dealkylation sites (tertiary alicyclic amines) is 1. The molecule has 1 fully saturated rings. The van der Waals surface area contributed by atoms with Gasteiger partial charge < -0.3 is 19.5 Å². The van der Waals surface area contributed by atoms with Crippen LogP contribution in [-0.2, 0) is 11.2 Å². The molecule has 0 aliphatic carbocycles. The number of aliphatic carboxylic acids is 1. The number of carboxylic acids is 1. The van der Waals surface area contributed by atoms with Gasteiger partial charge in [0.1, 0.15) is 11.5 Å². The quantitative estimate of drug-likeness (QED) is 0.222. The molecule has 1 N–H and O–H groups in total. The van der Waals surface area contributed by atoms with Crippen molar-refractivity contribution < 1.29 is 29.0 Å².